The van der Waals surface area contributed by atoms with Crippen molar-refractivity contribution in [3.63, 3.8) is 0 Å². The van der Waals surface area contributed by atoms with E-state index in [9.17, 15) is 9.59 Å². The van der Waals surface area contributed by atoms with Crippen molar-refractivity contribution in [3.8, 4) is 0 Å². The summed E-state index contributed by atoms with van der Waals surface area (Å²) in [5, 5.41) is 9.78. The SMILES string of the molecule is COC(=O)C1=C(C)N=C2SC=C(CC(=O)NCC3CC3)N2[C@@H]1c1ccsc1. The molecule has 0 spiro atoms. The van der Waals surface area contributed by atoms with Gasteiger partial charge in [0.25, 0.3) is 0 Å². The van der Waals surface area contributed by atoms with Gasteiger partial charge < -0.3 is 15.0 Å². The summed E-state index contributed by atoms with van der Waals surface area (Å²) in [6.45, 7) is 2.58. The van der Waals surface area contributed by atoms with Crippen LogP contribution in [-0.4, -0.2) is 35.6 Å². The van der Waals surface area contributed by atoms with Gasteiger partial charge in [0.05, 0.1) is 30.8 Å². The summed E-state index contributed by atoms with van der Waals surface area (Å²) >= 11 is 3.07. The lowest BCUT2D eigenvalue weighted by atomic mass is 9.96. The molecule has 0 saturated heterocycles. The van der Waals surface area contributed by atoms with E-state index in [1.165, 1.54) is 31.7 Å². The van der Waals surface area contributed by atoms with E-state index in [1.807, 2.05) is 34.1 Å². The molecule has 1 saturated carbocycles. The van der Waals surface area contributed by atoms with Crippen LogP contribution in [-0.2, 0) is 14.3 Å². The number of nitrogens with zero attached hydrogens (tertiary/aromatic N) is 2. The van der Waals surface area contributed by atoms with Crippen molar-refractivity contribution < 1.29 is 14.3 Å². The second kappa shape index (κ2) is 7.52. The highest BCUT2D eigenvalue weighted by molar-refractivity contribution is 8.16. The molecule has 8 heteroatoms. The zero-order valence-corrected chi connectivity index (χ0v) is 16.9. The van der Waals surface area contributed by atoms with E-state index in [2.05, 4.69) is 10.3 Å². The monoisotopic (exact) mass is 403 g/mol. The van der Waals surface area contributed by atoms with Gasteiger partial charge in [0.2, 0.25) is 5.91 Å². The van der Waals surface area contributed by atoms with Crippen LogP contribution in [0.3, 0.4) is 0 Å². The van der Waals surface area contributed by atoms with E-state index in [4.69, 9.17) is 4.74 Å². The van der Waals surface area contributed by atoms with Crippen LogP contribution in [0.2, 0.25) is 0 Å². The Kier molecular flexibility index (Phi) is 5.10. The summed E-state index contributed by atoms with van der Waals surface area (Å²) in [4.78, 5) is 31.5. The lowest BCUT2D eigenvalue weighted by molar-refractivity contribution is -0.136. The Morgan fingerprint density at radius 1 is 1.41 bits per heavy atom. The summed E-state index contributed by atoms with van der Waals surface area (Å²) in [5.41, 5.74) is 3.03. The molecule has 3 heterocycles. The van der Waals surface area contributed by atoms with Gasteiger partial charge in [0, 0.05) is 12.2 Å². The van der Waals surface area contributed by atoms with Crippen LogP contribution in [0.25, 0.3) is 0 Å². The minimum absolute atomic E-state index is 0.00459. The lowest BCUT2D eigenvalue weighted by Gasteiger charge is -2.35. The number of nitrogens with one attached hydrogen (secondary N) is 1. The molecule has 4 rings (SSSR count). The topological polar surface area (TPSA) is 71.0 Å². The first-order valence-electron chi connectivity index (χ1n) is 8.90. The maximum atomic E-state index is 12.5. The predicted octanol–water partition coefficient (Wildman–Crippen LogP) is 3.41. The molecule has 1 N–H and O–H groups in total. The lowest BCUT2D eigenvalue weighted by Crippen LogP contribution is -2.37. The fourth-order valence-corrected chi connectivity index (χ4v) is 4.94. The number of aliphatic imine (C=N–C) groups is 1. The third kappa shape index (κ3) is 3.68. The number of methoxy groups -OCH3 is 1. The van der Waals surface area contributed by atoms with Crippen LogP contribution in [0.4, 0.5) is 0 Å². The molecule has 1 amide bonds. The van der Waals surface area contributed by atoms with Crippen LogP contribution in [0, 0.1) is 5.92 Å². The predicted molar refractivity (Wildman–Crippen MR) is 107 cm³/mol. The normalized spacial score (nSPS) is 21.6. The maximum Gasteiger partial charge on any atom is 0.338 e. The number of hydrogen-bond acceptors (Lipinski definition) is 7. The van der Waals surface area contributed by atoms with Crippen LogP contribution in [0.1, 0.15) is 37.8 Å². The van der Waals surface area contributed by atoms with E-state index >= 15 is 0 Å². The van der Waals surface area contributed by atoms with Gasteiger partial charge >= 0.3 is 5.97 Å². The average Bonchev–Trinajstić information content (AvgIpc) is 3.17. The Balaban J connectivity index is 1.62. The number of amides is 1. The maximum absolute atomic E-state index is 12.5. The zero-order chi connectivity index (χ0) is 19.0. The Morgan fingerprint density at radius 3 is 2.89 bits per heavy atom. The smallest absolute Gasteiger partial charge is 0.338 e. The van der Waals surface area contributed by atoms with Crippen LogP contribution >= 0.6 is 23.1 Å². The first-order valence-corrected chi connectivity index (χ1v) is 10.7. The fourth-order valence-electron chi connectivity index (χ4n) is 3.29. The molecule has 1 atom stereocenters. The number of esters is 1. The minimum Gasteiger partial charge on any atom is -0.466 e. The highest BCUT2D eigenvalue weighted by atomic mass is 32.2. The molecule has 1 fully saturated rings. The van der Waals surface area contributed by atoms with E-state index in [0.717, 1.165) is 23.0 Å². The molecule has 0 bridgehead atoms. The highest BCUT2D eigenvalue weighted by Crippen LogP contribution is 2.45. The molecule has 27 heavy (non-hydrogen) atoms. The van der Waals surface area contributed by atoms with Crippen molar-refractivity contribution in [2.75, 3.05) is 13.7 Å². The second-order valence-electron chi connectivity index (χ2n) is 6.87. The van der Waals surface area contributed by atoms with Gasteiger partial charge in [0.15, 0.2) is 5.17 Å². The minimum atomic E-state index is -0.388. The second-order valence-corrected chi connectivity index (χ2v) is 8.48. The molecule has 3 aliphatic rings. The van der Waals surface area contributed by atoms with Crippen molar-refractivity contribution >= 4 is 40.1 Å². The molecule has 1 aliphatic carbocycles. The number of thiophene rings is 1. The van der Waals surface area contributed by atoms with E-state index in [0.29, 0.717) is 17.2 Å². The van der Waals surface area contributed by atoms with Crippen molar-refractivity contribution in [3.05, 3.63) is 44.8 Å². The molecule has 6 nitrogen and oxygen atoms in total. The van der Waals surface area contributed by atoms with Crippen molar-refractivity contribution in [1.82, 2.24) is 10.2 Å². The quantitative estimate of drug-likeness (QED) is 0.737. The van der Waals surface area contributed by atoms with E-state index in [1.54, 1.807) is 11.3 Å². The Morgan fingerprint density at radius 2 is 2.22 bits per heavy atom. The molecular formula is C19H21N3O3S2. The van der Waals surface area contributed by atoms with Gasteiger partial charge in [0.1, 0.15) is 0 Å². The fraction of sp³-hybridized carbons (Fsp3) is 0.421. The first kappa shape index (κ1) is 18.3. The van der Waals surface area contributed by atoms with E-state index < -0.39 is 0 Å². The Hall–Kier alpha value is -2.06. The number of ether oxygens (including phenoxy) is 1. The zero-order valence-electron chi connectivity index (χ0n) is 15.2. The summed E-state index contributed by atoms with van der Waals surface area (Å²) in [6.07, 6.45) is 2.68. The molecule has 1 aromatic heterocycles. The largest absolute Gasteiger partial charge is 0.466 e. The number of carbonyl (C=O) groups is 2. The third-order valence-electron chi connectivity index (χ3n) is 4.89. The summed E-state index contributed by atoms with van der Waals surface area (Å²) in [6, 6.07) is 1.68. The van der Waals surface area contributed by atoms with Gasteiger partial charge in [-0.1, -0.05) is 11.8 Å². The highest BCUT2D eigenvalue weighted by Gasteiger charge is 2.41. The van der Waals surface area contributed by atoms with Gasteiger partial charge in [-0.05, 0) is 53.5 Å². The molecule has 0 unspecified atom stereocenters. The third-order valence-corrected chi connectivity index (χ3v) is 6.48. The van der Waals surface area contributed by atoms with E-state index in [-0.39, 0.29) is 24.3 Å². The van der Waals surface area contributed by atoms with Crippen LogP contribution in [0.5, 0.6) is 0 Å². The first-order chi connectivity index (χ1) is 13.1. The Labute approximate surface area is 166 Å². The number of hydrogen-bond donors (Lipinski definition) is 1. The number of amidine groups is 1. The molecular weight excluding hydrogens is 382 g/mol. The van der Waals surface area contributed by atoms with Gasteiger partial charge in [-0.3, -0.25) is 4.79 Å². The number of rotatable bonds is 6. The summed E-state index contributed by atoms with van der Waals surface area (Å²) < 4.78 is 5.03. The average molecular weight is 404 g/mol. The van der Waals surface area contributed by atoms with Gasteiger partial charge in [-0.2, -0.15) is 11.3 Å². The summed E-state index contributed by atoms with van der Waals surface area (Å²) in [5.74, 6) is 0.258. The molecule has 1 aromatic rings. The van der Waals surface area contributed by atoms with Crippen LogP contribution in [0.15, 0.2) is 44.2 Å². The van der Waals surface area contributed by atoms with Gasteiger partial charge in [-0.25, -0.2) is 9.79 Å². The van der Waals surface area contributed by atoms with Crippen LogP contribution < -0.4 is 5.32 Å². The number of thioether (sulfide) groups is 1. The summed E-state index contributed by atoms with van der Waals surface area (Å²) in [7, 11) is 1.38. The Bertz CT molecular complexity index is 854. The number of allylic oxidation sites excluding steroid dienone is 1. The standard InChI is InChI=1S/C19H21N3O3S2/c1-11-16(18(24)25-2)17(13-5-6-26-9-13)22-14(10-27-19(22)21-11)7-15(23)20-8-12-3-4-12/h5-6,9-10,12,17H,3-4,7-8H2,1-2H3,(H,20,23)/t17-/m1/s1. The molecule has 0 radical (unpaired) electrons. The molecule has 2 aliphatic heterocycles. The molecule has 0 aromatic carbocycles. The number of fused-ring (bicyclic) bond motifs is 1. The number of carbonyl (C=O) groups excluding carboxylic acids is 2. The van der Waals surface area contributed by atoms with Crippen molar-refractivity contribution in [2.45, 2.75) is 32.2 Å². The van der Waals surface area contributed by atoms with Crippen molar-refractivity contribution in [1.29, 1.82) is 0 Å². The van der Waals surface area contributed by atoms with Crippen molar-refractivity contribution in [2.24, 2.45) is 10.9 Å². The molecule has 142 valence electrons. The van der Waals surface area contributed by atoms with Gasteiger partial charge in [-0.15, -0.1) is 0 Å².